The number of ether oxygens (including phenoxy) is 1. The molecule has 6 heteroatoms. The van der Waals surface area contributed by atoms with Crippen LogP contribution in [0.15, 0.2) is 48.5 Å². The van der Waals surface area contributed by atoms with E-state index in [1.54, 1.807) is 0 Å². The second kappa shape index (κ2) is 8.89. The fourth-order valence-corrected chi connectivity index (χ4v) is 3.37. The van der Waals surface area contributed by atoms with Crippen LogP contribution in [0.4, 0.5) is 4.79 Å². The number of β-amino-alcohol motifs (C(OH)–C–C–N with tert-alkyl or cyclic N) is 1. The van der Waals surface area contributed by atoms with Gasteiger partial charge in [0.25, 0.3) is 5.91 Å². The quantitative estimate of drug-likeness (QED) is 0.688. The van der Waals surface area contributed by atoms with E-state index >= 15 is 0 Å². The Labute approximate surface area is 165 Å². The summed E-state index contributed by atoms with van der Waals surface area (Å²) in [6.07, 6.45) is 0.271. The lowest BCUT2D eigenvalue weighted by atomic mass is 10.1. The van der Waals surface area contributed by atoms with E-state index in [2.05, 4.69) is 5.32 Å². The predicted octanol–water partition coefficient (Wildman–Crippen LogP) is 2.60. The standard InChI is InChI=1S/C22H26N2O4/c1-15-10-16(2)12-19(11-15)28-14-18(25)13-24-21(26)20(23-22(24)27)9-8-17-6-4-3-5-7-17/h3-7,10-12,18,20,25H,8-9,13-14H2,1-2H3,(H,23,27)/t18-,20+/m0/s1. The van der Waals surface area contributed by atoms with Gasteiger partial charge in [0.1, 0.15) is 24.5 Å². The van der Waals surface area contributed by atoms with Gasteiger partial charge >= 0.3 is 6.03 Å². The lowest BCUT2D eigenvalue weighted by Gasteiger charge is -2.18. The molecule has 1 saturated heterocycles. The highest BCUT2D eigenvalue weighted by Gasteiger charge is 2.38. The molecule has 2 aromatic rings. The maximum Gasteiger partial charge on any atom is 0.324 e. The molecule has 0 aromatic heterocycles. The van der Waals surface area contributed by atoms with Crippen molar-refractivity contribution in [3.8, 4) is 5.75 Å². The molecular formula is C22H26N2O4. The van der Waals surface area contributed by atoms with Gasteiger partial charge in [0.15, 0.2) is 0 Å². The van der Waals surface area contributed by atoms with Gasteiger partial charge in [-0.15, -0.1) is 0 Å². The SMILES string of the molecule is Cc1cc(C)cc(OC[C@@H](O)CN2C(=O)N[C@H](CCc3ccccc3)C2=O)c1. The van der Waals surface area contributed by atoms with Crippen LogP contribution in [0.1, 0.15) is 23.1 Å². The zero-order valence-electron chi connectivity index (χ0n) is 16.2. The van der Waals surface area contributed by atoms with E-state index in [1.807, 2.05) is 62.4 Å². The van der Waals surface area contributed by atoms with Crippen molar-refractivity contribution in [1.82, 2.24) is 10.2 Å². The van der Waals surface area contributed by atoms with Crippen LogP contribution in [-0.2, 0) is 11.2 Å². The number of aliphatic hydroxyl groups excluding tert-OH is 1. The van der Waals surface area contributed by atoms with Crippen molar-refractivity contribution in [1.29, 1.82) is 0 Å². The number of hydrogen-bond acceptors (Lipinski definition) is 4. The number of nitrogens with zero attached hydrogens (tertiary/aromatic N) is 1. The molecule has 2 N–H and O–H groups in total. The molecule has 2 atom stereocenters. The number of aryl methyl sites for hydroxylation is 3. The van der Waals surface area contributed by atoms with Crippen molar-refractivity contribution in [2.24, 2.45) is 0 Å². The Kier molecular flexibility index (Phi) is 6.31. The number of carbonyl (C=O) groups is 2. The molecule has 1 heterocycles. The van der Waals surface area contributed by atoms with Gasteiger partial charge in [0.05, 0.1) is 6.54 Å². The second-order valence-electron chi connectivity index (χ2n) is 7.26. The summed E-state index contributed by atoms with van der Waals surface area (Å²) in [5.41, 5.74) is 3.25. The number of imide groups is 1. The zero-order chi connectivity index (χ0) is 20.1. The number of aliphatic hydroxyl groups is 1. The number of urea groups is 1. The molecule has 3 amide bonds. The summed E-state index contributed by atoms with van der Waals surface area (Å²) in [7, 11) is 0. The molecule has 0 spiro atoms. The highest BCUT2D eigenvalue weighted by atomic mass is 16.5. The van der Waals surface area contributed by atoms with E-state index < -0.39 is 18.2 Å². The van der Waals surface area contributed by atoms with Gasteiger partial charge in [0, 0.05) is 0 Å². The average Bonchev–Trinajstić information content (AvgIpc) is 2.92. The summed E-state index contributed by atoms with van der Waals surface area (Å²) < 4.78 is 5.62. The summed E-state index contributed by atoms with van der Waals surface area (Å²) in [6.45, 7) is 3.87. The van der Waals surface area contributed by atoms with Crippen LogP contribution in [0, 0.1) is 13.8 Å². The van der Waals surface area contributed by atoms with Gasteiger partial charge in [0.2, 0.25) is 0 Å². The summed E-state index contributed by atoms with van der Waals surface area (Å²) in [6, 6.07) is 14.6. The van der Waals surface area contributed by atoms with E-state index in [1.165, 1.54) is 0 Å². The van der Waals surface area contributed by atoms with E-state index in [0.29, 0.717) is 18.6 Å². The smallest absolute Gasteiger partial charge is 0.324 e. The molecule has 3 rings (SSSR count). The van der Waals surface area contributed by atoms with E-state index in [0.717, 1.165) is 21.6 Å². The van der Waals surface area contributed by atoms with Gasteiger partial charge in [-0.25, -0.2) is 4.79 Å². The molecular weight excluding hydrogens is 356 g/mol. The minimum Gasteiger partial charge on any atom is -0.491 e. The molecule has 148 valence electrons. The van der Waals surface area contributed by atoms with Gasteiger partial charge in [-0.2, -0.15) is 0 Å². The largest absolute Gasteiger partial charge is 0.491 e. The van der Waals surface area contributed by atoms with Crippen molar-refractivity contribution in [2.75, 3.05) is 13.2 Å². The van der Waals surface area contributed by atoms with Crippen LogP contribution in [0.3, 0.4) is 0 Å². The third kappa shape index (κ3) is 5.10. The molecule has 0 bridgehead atoms. The van der Waals surface area contributed by atoms with Crippen LogP contribution in [0.25, 0.3) is 0 Å². The molecule has 28 heavy (non-hydrogen) atoms. The van der Waals surface area contributed by atoms with E-state index in [-0.39, 0.29) is 19.1 Å². The molecule has 0 unspecified atom stereocenters. The maximum atomic E-state index is 12.5. The number of carbonyl (C=O) groups excluding carboxylic acids is 2. The van der Waals surface area contributed by atoms with E-state index in [9.17, 15) is 14.7 Å². The first kappa shape index (κ1) is 19.9. The molecule has 0 aliphatic carbocycles. The van der Waals surface area contributed by atoms with Gasteiger partial charge in [-0.05, 0) is 55.5 Å². The Balaban J connectivity index is 1.50. The molecule has 6 nitrogen and oxygen atoms in total. The van der Waals surface area contributed by atoms with Gasteiger partial charge in [-0.1, -0.05) is 36.4 Å². The number of rotatable bonds is 8. The highest BCUT2D eigenvalue weighted by Crippen LogP contribution is 2.17. The van der Waals surface area contributed by atoms with Crippen LogP contribution >= 0.6 is 0 Å². The highest BCUT2D eigenvalue weighted by molar-refractivity contribution is 6.04. The van der Waals surface area contributed by atoms with Crippen molar-refractivity contribution >= 4 is 11.9 Å². The van der Waals surface area contributed by atoms with Crippen molar-refractivity contribution < 1.29 is 19.4 Å². The first-order chi connectivity index (χ1) is 13.4. The first-order valence-electron chi connectivity index (χ1n) is 9.47. The lowest BCUT2D eigenvalue weighted by molar-refractivity contribution is -0.128. The Morgan fingerprint density at radius 1 is 1.11 bits per heavy atom. The van der Waals surface area contributed by atoms with Crippen LogP contribution in [-0.4, -0.2) is 47.2 Å². The summed E-state index contributed by atoms with van der Waals surface area (Å²) in [5, 5.41) is 12.9. The number of hydrogen-bond donors (Lipinski definition) is 2. The summed E-state index contributed by atoms with van der Waals surface area (Å²) >= 11 is 0. The van der Waals surface area contributed by atoms with Crippen LogP contribution in [0.5, 0.6) is 5.75 Å². The maximum absolute atomic E-state index is 12.5. The third-order valence-corrected chi connectivity index (χ3v) is 4.70. The monoisotopic (exact) mass is 382 g/mol. The van der Waals surface area contributed by atoms with E-state index in [4.69, 9.17) is 4.74 Å². The Morgan fingerprint density at radius 2 is 1.79 bits per heavy atom. The number of nitrogens with one attached hydrogen (secondary N) is 1. The van der Waals surface area contributed by atoms with Crippen molar-refractivity contribution in [3.05, 3.63) is 65.2 Å². The van der Waals surface area contributed by atoms with Crippen LogP contribution < -0.4 is 10.1 Å². The second-order valence-corrected chi connectivity index (χ2v) is 7.26. The van der Waals surface area contributed by atoms with Crippen molar-refractivity contribution in [3.63, 3.8) is 0 Å². The molecule has 0 radical (unpaired) electrons. The normalized spacial score (nSPS) is 17.5. The molecule has 1 aliphatic rings. The topological polar surface area (TPSA) is 78.9 Å². The number of benzene rings is 2. The minimum atomic E-state index is -0.955. The third-order valence-electron chi connectivity index (χ3n) is 4.70. The summed E-state index contributed by atoms with van der Waals surface area (Å²) in [4.78, 5) is 25.7. The fourth-order valence-electron chi connectivity index (χ4n) is 3.37. The number of amides is 3. The fraction of sp³-hybridized carbons (Fsp3) is 0.364. The lowest BCUT2D eigenvalue weighted by Crippen LogP contribution is -2.40. The zero-order valence-corrected chi connectivity index (χ0v) is 16.2. The molecule has 0 saturated carbocycles. The molecule has 1 aliphatic heterocycles. The Morgan fingerprint density at radius 3 is 2.46 bits per heavy atom. The average molecular weight is 382 g/mol. The summed E-state index contributed by atoms with van der Waals surface area (Å²) in [5.74, 6) is 0.362. The molecule has 2 aromatic carbocycles. The Bertz CT molecular complexity index is 817. The minimum absolute atomic E-state index is 0.00857. The van der Waals surface area contributed by atoms with Gasteiger partial charge < -0.3 is 15.2 Å². The Hall–Kier alpha value is -2.86. The first-order valence-corrected chi connectivity index (χ1v) is 9.47. The van der Waals surface area contributed by atoms with Crippen molar-refractivity contribution in [2.45, 2.75) is 38.8 Å². The van der Waals surface area contributed by atoms with Crippen LogP contribution in [0.2, 0.25) is 0 Å². The van der Waals surface area contributed by atoms with Gasteiger partial charge in [-0.3, -0.25) is 9.69 Å². The molecule has 1 fully saturated rings. The predicted molar refractivity (Wildman–Crippen MR) is 106 cm³/mol.